The van der Waals surface area contributed by atoms with E-state index < -0.39 is 0 Å². The van der Waals surface area contributed by atoms with Gasteiger partial charge in [-0.1, -0.05) is 59.3 Å². The molecule has 2 aromatic rings. The quantitative estimate of drug-likeness (QED) is 0.866. The fourth-order valence-corrected chi connectivity index (χ4v) is 3.64. The summed E-state index contributed by atoms with van der Waals surface area (Å²) in [5.41, 5.74) is 4.46. The minimum Gasteiger partial charge on any atom is -0.273 e. The van der Waals surface area contributed by atoms with Crippen molar-refractivity contribution in [1.29, 1.82) is 0 Å². The van der Waals surface area contributed by atoms with Crippen LogP contribution in [0, 0.1) is 0 Å². The number of nitrogens with one attached hydrogen (secondary N) is 1. The van der Waals surface area contributed by atoms with Gasteiger partial charge >= 0.3 is 0 Å². The number of halogens is 1. The molecule has 2 amide bonds. The maximum Gasteiger partial charge on any atom is 0.269 e. The van der Waals surface area contributed by atoms with Gasteiger partial charge in [0.15, 0.2) is 0 Å². The van der Waals surface area contributed by atoms with Crippen molar-refractivity contribution in [3.63, 3.8) is 0 Å². The van der Waals surface area contributed by atoms with Crippen LogP contribution in [0.1, 0.15) is 41.6 Å². The summed E-state index contributed by atoms with van der Waals surface area (Å²) < 4.78 is 0.831. The van der Waals surface area contributed by atoms with E-state index in [4.69, 9.17) is 0 Å². The van der Waals surface area contributed by atoms with E-state index in [9.17, 15) is 9.59 Å². The Labute approximate surface area is 150 Å². The smallest absolute Gasteiger partial charge is 0.269 e. The lowest BCUT2D eigenvalue weighted by Gasteiger charge is -2.27. The van der Waals surface area contributed by atoms with E-state index >= 15 is 0 Å². The summed E-state index contributed by atoms with van der Waals surface area (Å²) in [5.74, 6) is -0.206. The van der Waals surface area contributed by atoms with Gasteiger partial charge in [-0.2, -0.15) is 0 Å². The van der Waals surface area contributed by atoms with Crippen LogP contribution in [0.4, 0.5) is 0 Å². The molecule has 124 valence electrons. The van der Waals surface area contributed by atoms with Gasteiger partial charge in [0.05, 0.1) is 6.04 Å². The molecule has 0 spiro atoms. The largest absolute Gasteiger partial charge is 0.273 e. The van der Waals surface area contributed by atoms with E-state index in [1.54, 1.807) is 18.2 Å². The van der Waals surface area contributed by atoms with Crippen molar-refractivity contribution in [1.82, 2.24) is 10.4 Å². The van der Waals surface area contributed by atoms with Gasteiger partial charge in [0.1, 0.15) is 0 Å². The Hall–Kier alpha value is -2.14. The van der Waals surface area contributed by atoms with Gasteiger partial charge in [0.2, 0.25) is 5.91 Å². The molecule has 2 aromatic carbocycles. The van der Waals surface area contributed by atoms with Gasteiger partial charge in [-0.15, -0.1) is 0 Å². The molecule has 4 nitrogen and oxygen atoms in total. The minimum atomic E-state index is -0.267. The summed E-state index contributed by atoms with van der Waals surface area (Å²) in [6, 6.07) is 17.1. The predicted octanol–water partition coefficient (Wildman–Crippen LogP) is 3.89. The third-order valence-corrected chi connectivity index (χ3v) is 4.91. The Morgan fingerprint density at radius 2 is 1.96 bits per heavy atom. The molecule has 2 atom stereocenters. The molecule has 3 rings (SSSR count). The molecule has 24 heavy (non-hydrogen) atoms. The highest BCUT2D eigenvalue weighted by atomic mass is 79.9. The SMILES string of the molecule is CC[C@H]1C(c2ccccc2)CC(=O)N1NC(=O)c1cccc(Br)c1. The number of carbonyl (C=O) groups excluding carboxylic acids is 2. The van der Waals surface area contributed by atoms with Crippen molar-refractivity contribution < 1.29 is 9.59 Å². The first-order valence-corrected chi connectivity index (χ1v) is 8.83. The third-order valence-electron chi connectivity index (χ3n) is 4.41. The van der Waals surface area contributed by atoms with Crippen LogP contribution in [0.15, 0.2) is 59.1 Å². The third kappa shape index (κ3) is 3.36. The first kappa shape index (κ1) is 16.7. The van der Waals surface area contributed by atoms with Crippen molar-refractivity contribution >= 4 is 27.7 Å². The molecule has 1 aliphatic heterocycles. The van der Waals surface area contributed by atoms with Crippen LogP contribution >= 0.6 is 15.9 Å². The van der Waals surface area contributed by atoms with E-state index in [1.807, 2.05) is 43.3 Å². The lowest BCUT2D eigenvalue weighted by atomic mass is 9.90. The summed E-state index contributed by atoms with van der Waals surface area (Å²) in [4.78, 5) is 24.9. The maximum absolute atomic E-state index is 12.5. The van der Waals surface area contributed by atoms with Crippen LogP contribution in [0.2, 0.25) is 0 Å². The number of benzene rings is 2. The number of nitrogens with zero attached hydrogens (tertiary/aromatic N) is 1. The van der Waals surface area contributed by atoms with Crippen LogP contribution in [0.3, 0.4) is 0 Å². The highest BCUT2D eigenvalue weighted by Crippen LogP contribution is 2.35. The van der Waals surface area contributed by atoms with Gasteiger partial charge in [0, 0.05) is 22.4 Å². The summed E-state index contributed by atoms with van der Waals surface area (Å²) in [6.45, 7) is 2.04. The van der Waals surface area contributed by atoms with Crippen LogP contribution in [-0.2, 0) is 4.79 Å². The second-order valence-electron chi connectivity index (χ2n) is 5.91. The average molecular weight is 387 g/mol. The summed E-state index contributed by atoms with van der Waals surface area (Å²) >= 11 is 3.36. The molecule has 1 heterocycles. The van der Waals surface area contributed by atoms with Crippen LogP contribution in [0.5, 0.6) is 0 Å². The van der Waals surface area contributed by atoms with Crippen LogP contribution in [-0.4, -0.2) is 22.9 Å². The Morgan fingerprint density at radius 3 is 2.62 bits per heavy atom. The first-order valence-electron chi connectivity index (χ1n) is 8.03. The van der Waals surface area contributed by atoms with E-state index in [0.717, 1.165) is 16.5 Å². The van der Waals surface area contributed by atoms with Crippen LogP contribution < -0.4 is 5.43 Å². The second-order valence-corrected chi connectivity index (χ2v) is 6.83. The number of hydrogen-bond acceptors (Lipinski definition) is 2. The highest BCUT2D eigenvalue weighted by Gasteiger charge is 2.40. The fourth-order valence-electron chi connectivity index (χ4n) is 3.24. The Balaban J connectivity index is 1.80. The topological polar surface area (TPSA) is 49.4 Å². The van der Waals surface area contributed by atoms with Gasteiger partial charge in [-0.3, -0.25) is 20.0 Å². The molecule has 1 fully saturated rings. The maximum atomic E-state index is 12.5. The molecule has 0 radical (unpaired) electrons. The molecule has 0 aromatic heterocycles. The zero-order valence-corrected chi connectivity index (χ0v) is 15.0. The molecule has 0 aliphatic carbocycles. The summed E-state index contributed by atoms with van der Waals surface area (Å²) in [6.07, 6.45) is 1.20. The lowest BCUT2D eigenvalue weighted by Crippen LogP contribution is -2.48. The standard InChI is InChI=1S/C19H19BrN2O2/c1-2-17-16(13-7-4-3-5-8-13)12-18(23)22(17)21-19(24)14-9-6-10-15(20)11-14/h3-11,16-17H,2,12H2,1H3,(H,21,24)/t16?,17-/m0/s1. The normalized spacial score (nSPS) is 20.2. The number of hydrogen-bond donors (Lipinski definition) is 1. The number of hydrazine groups is 1. The van der Waals surface area contributed by atoms with Crippen molar-refractivity contribution in [2.75, 3.05) is 0 Å². The molecule has 0 bridgehead atoms. The van der Waals surface area contributed by atoms with Gasteiger partial charge in [-0.05, 0) is 30.2 Å². The monoisotopic (exact) mass is 386 g/mol. The van der Waals surface area contributed by atoms with Gasteiger partial charge < -0.3 is 0 Å². The molecule has 1 saturated heterocycles. The summed E-state index contributed by atoms with van der Waals surface area (Å²) in [7, 11) is 0. The van der Waals surface area contributed by atoms with Crippen molar-refractivity contribution in [3.8, 4) is 0 Å². The molecule has 1 unspecified atom stereocenters. The lowest BCUT2D eigenvalue weighted by molar-refractivity contribution is -0.131. The van der Waals surface area contributed by atoms with E-state index in [2.05, 4.69) is 21.4 Å². The number of rotatable bonds is 4. The van der Waals surface area contributed by atoms with Gasteiger partial charge in [-0.25, -0.2) is 0 Å². The Kier molecular flexibility index (Phi) is 5.00. The molecule has 1 N–H and O–H groups in total. The summed E-state index contributed by atoms with van der Waals surface area (Å²) in [5, 5.41) is 1.51. The zero-order chi connectivity index (χ0) is 17.1. The van der Waals surface area contributed by atoms with E-state index in [0.29, 0.717) is 12.0 Å². The molecule has 1 aliphatic rings. The fraction of sp³-hybridized carbons (Fsp3) is 0.263. The Bertz CT molecular complexity index is 748. The first-order chi connectivity index (χ1) is 11.6. The van der Waals surface area contributed by atoms with Crippen molar-refractivity contribution in [3.05, 3.63) is 70.2 Å². The molecule has 0 saturated carbocycles. The number of amides is 2. The van der Waals surface area contributed by atoms with Crippen molar-refractivity contribution in [2.45, 2.75) is 31.7 Å². The average Bonchev–Trinajstić information content (AvgIpc) is 2.91. The minimum absolute atomic E-state index is 0.0315. The Morgan fingerprint density at radius 1 is 1.21 bits per heavy atom. The molecule has 5 heteroatoms. The van der Waals surface area contributed by atoms with E-state index in [-0.39, 0.29) is 23.8 Å². The molecular weight excluding hydrogens is 368 g/mol. The predicted molar refractivity (Wildman–Crippen MR) is 96.3 cm³/mol. The van der Waals surface area contributed by atoms with E-state index in [1.165, 1.54) is 5.01 Å². The number of carbonyl (C=O) groups is 2. The van der Waals surface area contributed by atoms with Crippen LogP contribution in [0.25, 0.3) is 0 Å². The highest BCUT2D eigenvalue weighted by molar-refractivity contribution is 9.10. The second kappa shape index (κ2) is 7.18. The zero-order valence-electron chi connectivity index (χ0n) is 13.4. The van der Waals surface area contributed by atoms with Crippen molar-refractivity contribution in [2.24, 2.45) is 0 Å². The molecular formula is C19H19BrN2O2. The van der Waals surface area contributed by atoms with Gasteiger partial charge in [0.25, 0.3) is 5.91 Å².